The van der Waals surface area contributed by atoms with Gasteiger partial charge in [-0.3, -0.25) is 9.55 Å². The second-order valence-electron chi connectivity index (χ2n) is 7.69. The first-order valence-electron chi connectivity index (χ1n) is 10.1. The van der Waals surface area contributed by atoms with E-state index in [-0.39, 0.29) is 5.56 Å². The Morgan fingerprint density at radius 3 is 2.68 bits per heavy atom. The number of hydrogen-bond donors (Lipinski definition) is 1. The van der Waals surface area contributed by atoms with Crippen LogP contribution in [-0.4, -0.2) is 51.9 Å². The Balaban J connectivity index is 1.85. The van der Waals surface area contributed by atoms with Crippen molar-refractivity contribution in [3.8, 4) is 5.69 Å². The van der Waals surface area contributed by atoms with E-state index >= 15 is 0 Å². The summed E-state index contributed by atoms with van der Waals surface area (Å²) in [5.74, 6) is -0.295. The highest BCUT2D eigenvalue weighted by atomic mass is 35.5. The second kappa shape index (κ2) is 7.51. The first-order chi connectivity index (χ1) is 15.0. The number of aryl methyl sites for hydroxylation is 2. The average Bonchev–Trinajstić information content (AvgIpc) is 3.09. The molecule has 0 spiro atoms. The van der Waals surface area contributed by atoms with Gasteiger partial charge in [0.05, 0.1) is 40.5 Å². The number of anilines is 1. The fourth-order valence-corrected chi connectivity index (χ4v) is 4.52. The van der Waals surface area contributed by atoms with Crippen LogP contribution >= 0.6 is 11.6 Å². The second-order valence-corrected chi connectivity index (χ2v) is 8.09. The number of rotatable bonds is 3. The summed E-state index contributed by atoms with van der Waals surface area (Å²) in [6, 6.07) is 9.41. The Labute approximate surface area is 183 Å². The lowest BCUT2D eigenvalue weighted by Gasteiger charge is -2.29. The van der Waals surface area contributed by atoms with E-state index in [4.69, 9.17) is 16.3 Å². The first-order valence-corrected chi connectivity index (χ1v) is 10.5. The molecule has 2 aromatic heterocycles. The summed E-state index contributed by atoms with van der Waals surface area (Å²) in [6.45, 7) is 6.53. The van der Waals surface area contributed by atoms with Gasteiger partial charge in [-0.25, -0.2) is 9.78 Å². The molecular weight excluding hydrogens is 416 g/mol. The van der Waals surface area contributed by atoms with E-state index in [0.29, 0.717) is 48.2 Å². The van der Waals surface area contributed by atoms with Crippen LogP contribution in [-0.2, 0) is 4.74 Å². The van der Waals surface area contributed by atoms with E-state index in [1.807, 2.05) is 42.7 Å². The molecule has 158 valence electrons. The molecule has 0 atom stereocenters. The third kappa shape index (κ3) is 3.21. The standard InChI is InChI=1S/C23H21ClN4O3/c1-13-12-25-20-16(4-3-5-18(20)24)22(13)28-14(2)26-21-17(23(29)30)10-15(11-19(21)28)27-6-8-31-9-7-27/h3-5,10-12H,6-9H2,1-2H3,(H,29,30). The number of benzene rings is 2. The number of carboxylic acids is 1. The van der Waals surface area contributed by atoms with Crippen LogP contribution in [0.5, 0.6) is 0 Å². The van der Waals surface area contributed by atoms with Crippen molar-refractivity contribution in [3.63, 3.8) is 0 Å². The zero-order valence-corrected chi connectivity index (χ0v) is 18.0. The molecule has 0 aliphatic carbocycles. The number of morpholine rings is 1. The van der Waals surface area contributed by atoms with Crippen molar-refractivity contribution < 1.29 is 14.6 Å². The quantitative estimate of drug-likeness (QED) is 0.513. The fraction of sp³-hybridized carbons (Fsp3) is 0.261. The summed E-state index contributed by atoms with van der Waals surface area (Å²) in [7, 11) is 0. The molecule has 7 nitrogen and oxygen atoms in total. The molecule has 0 unspecified atom stereocenters. The normalized spacial score (nSPS) is 14.5. The number of fused-ring (bicyclic) bond motifs is 2. The van der Waals surface area contributed by atoms with E-state index in [2.05, 4.69) is 14.9 Å². The van der Waals surface area contributed by atoms with Gasteiger partial charge in [0.15, 0.2) is 0 Å². The van der Waals surface area contributed by atoms with Crippen molar-refractivity contribution in [2.75, 3.05) is 31.2 Å². The molecular formula is C23H21ClN4O3. The molecule has 8 heteroatoms. The molecule has 0 bridgehead atoms. The van der Waals surface area contributed by atoms with Gasteiger partial charge in [0, 0.05) is 30.4 Å². The lowest BCUT2D eigenvalue weighted by atomic mass is 10.1. The highest BCUT2D eigenvalue weighted by Crippen LogP contribution is 2.34. The van der Waals surface area contributed by atoms with Crippen molar-refractivity contribution in [2.24, 2.45) is 0 Å². The van der Waals surface area contributed by atoms with Gasteiger partial charge in [0.1, 0.15) is 11.3 Å². The summed E-state index contributed by atoms with van der Waals surface area (Å²) in [6.07, 6.45) is 1.79. The topological polar surface area (TPSA) is 80.5 Å². The molecule has 2 aromatic carbocycles. The van der Waals surface area contributed by atoms with Crippen molar-refractivity contribution in [1.29, 1.82) is 0 Å². The number of carbonyl (C=O) groups is 1. The smallest absolute Gasteiger partial charge is 0.338 e. The number of carboxylic acid groups (broad SMARTS) is 1. The first kappa shape index (κ1) is 19.8. The lowest BCUT2D eigenvalue weighted by molar-refractivity contribution is 0.0699. The van der Waals surface area contributed by atoms with Crippen molar-refractivity contribution in [3.05, 3.63) is 58.5 Å². The zero-order valence-electron chi connectivity index (χ0n) is 17.2. The maximum atomic E-state index is 12.1. The predicted molar refractivity (Wildman–Crippen MR) is 121 cm³/mol. The number of aromatic carboxylic acids is 1. The Morgan fingerprint density at radius 1 is 1.16 bits per heavy atom. The van der Waals surface area contributed by atoms with E-state index in [9.17, 15) is 9.90 Å². The number of imidazole rings is 1. The molecule has 1 aliphatic heterocycles. The number of pyridine rings is 1. The van der Waals surface area contributed by atoms with Gasteiger partial charge in [0.2, 0.25) is 0 Å². The molecule has 31 heavy (non-hydrogen) atoms. The molecule has 1 aliphatic rings. The van der Waals surface area contributed by atoms with Crippen molar-refractivity contribution >= 4 is 45.2 Å². The van der Waals surface area contributed by atoms with Crippen LogP contribution in [0, 0.1) is 13.8 Å². The SMILES string of the molecule is Cc1cnc2c(Cl)cccc2c1-n1c(C)nc2c(C(=O)O)cc(N3CCOCC3)cc21. The summed E-state index contributed by atoms with van der Waals surface area (Å²) in [5.41, 5.74) is 4.81. The van der Waals surface area contributed by atoms with Crippen LogP contribution in [0.4, 0.5) is 5.69 Å². The molecule has 3 heterocycles. The summed E-state index contributed by atoms with van der Waals surface area (Å²) >= 11 is 6.41. The number of ether oxygens (including phenoxy) is 1. The molecule has 1 N–H and O–H groups in total. The van der Waals surface area contributed by atoms with Gasteiger partial charge in [0.25, 0.3) is 0 Å². The van der Waals surface area contributed by atoms with Gasteiger partial charge in [-0.15, -0.1) is 0 Å². The number of nitrogens with zero attached hydrogens (tertiary/aromatic N) is 4. The van der Waals surface area contributed by atoms with Gasteiger partial charge in [-0.1, -0.05) is 23.7 Å². The van der Waals surface area contributed by atoms with Crippen LogP contribution < -0.4 is 4.90 Å². The Morgan fingerprint density at radius 2 is 1.94 bits per heavy atom. The molecule has 1 fully saturated rings. The minimum absolute atomic E-state index is 0.190. The molecule has 1 saturated heterocycles. The fourth-order valence-electron chi connectivity index (χ4n) is 4.30. The van der Waals surface area contributed by atoms with E-state index in [0.717, 1.165) is 27.8 Å². The largest absolute Gasteiger partial charge is 0.478 e. The summed E-state index contributed by atoms with van der Waals surface area (Å²) in [4.78, 5) is 23.4. The average molecular weight is 437 g/mol. The predicted octanol–water partition coefficient (Wildman–Crippen LogP) is 4.38. The van der Waals surface area contributed by atoms with Crippen LogP contribution in [0.3, 0.4) is 0 Å². The highest BCUT2D eigenvalue weighted by Gasteiger charge is 2.23. The maximum Gasteiger partial charge on any atom is 0.338 e. The molecule has 5 rings (SSSR count). The van der Waals surface area contributed by atoms with Gasteiger partial charge < -0.3 is 14.7 Å². The third-order valence-corrected chi connectivity index (χ3v) is 6.05. The Hall–Kier alpha value is -3.16. The Kier molecular flexibility index (Phi) is 4.79. The van der Waals surface area contributed by atoms with Crippen molar-refractivity contribution in [2.45, 2.75) is 13.8 Å². The van der Waals surface area contributed by atoms with Crippen molar-refractivity contribution in [1.82, 2.24) is 14.5 Å². The van der Waals surface area contributed by atoms with E-state index in [1.54, 1.807) is 12.3 Å². The molecule has 4 aromatic rings. The Bertz CT molecular complexity index is 1340. The third-order valence-electron chi connectivity index (χ3n) is 5.75. The highest BCUT2D eigenvalue weighted by molar-refractivity contribution is 6.35. The maximum absolute atomic E-state index is 12.1. The molecule has 0 saturated carbocycles. The van der Waals surface area contributed by atoms with Crippen LogP contribution in [0.1, 0.15) is 21.7 Å². The molecule has 0 radical (unpaired) electrons. The van der Waals surface area contributed by atoms with Crippen LogP contribution in [0.25, 0.3) is 27.6 Å². The number of para-hydroxylation sites is 1. The van der Waals surface area contributed by atoms with E-state index in [1.165, 1.54) is 0 Å². The number of hydrogen-bond acceptors (Lipinski definition) is 5. The number of halogens is 1. The van der Waals surface area contributed by atoms with Crippen LogP contribution in [0.2, 0.25) is 5.02 Å². The van der Waals surface area contributed by atoms with Crippen LogP contribution in [0.15, 0.2) is 36.5 Å². The van der Waals surface area contributed by atoms with Gasteiger partial charge in [-0.2, -0.15) is 0 Å². The summed E-state index contributed by atoms with van der Waals surface area (Å²) < 4.78 is 7.48. The minimum atomic E-state index is -0.996. The van der Waals surface area contributed by atoms with Gasteiger partial charge in [-0.05, 0) is 37.6 Å². The molecule has 0 amide bonds. The monoisotopic (exact) mass is 436 g/mol. The lowest BCUT2D eigenvalue weighted by Crippen LogP contribution is -2.36. The number of aromatic nitrogens is 3. The van der Waals surface area contributed by atoms with E-state index < -0.39 is 5.97 Å². The minimum Gasteiger partial charge on any atom is -0.478 e. The summed E-state index contributed by atoms with van der Waals surface area (Å²) in [5, 5.41) is 11.4. The zero-order chi connectivity index (χ0) is 21.7. The van der Waals surface area contributed by atoms with Gasteiger partial charge >= 0.3 is 5.97 Å².